The van der Waals surface area contributed by atoms with Gasteiger partial charge in [0.1, 0.15) is 16.6 Å². The average molecular weight is 296 g/mol. The molecule has 2 rings (SSSR count). The number of rotatable bonds is 5. The molecule has 1 aliphatic rings. The molecule has 1 saturated carbocycles. The second-order valence-electron chi connectivity index (χ2n) is 4.84. The van der Waals surface area contributed by atoms with Crippen molar-refractivity contribution in [2.24, 2.45) is 5.73 Å². The van der Waals surface area contributed by atoms with E-state index < -0.39 is 5.82 Å². The molecule has 0 aromatic heterocycles. The SMILES string of the molecule is NC(=S)c1ccc(OCC(=O)NC2CCCC2)cc1F. The molecular weight excluding hydrogens is 279 g/mol. The van der Waals surface area contributed by atoms with E-state index in [1.807, 2.05) is 0 Å². The molecule has 0 heterocycles. The van der Waals surface area contributed by atoms with Crippen molar-refractivity contribution < 1.29 is 13.9 Å². The van der Waals surface area contributed by atoms with E-state index in [0.717, 1.165) is 25.7 Å². The van der Waals surface area contributed by atoms with Crippen LogP contribution in [0.4, 0.5) is 4.39 Å². The van der Waals surface area contributed by atoms with Gasteiger partial charge in [0.25, 0.3) is 5.91 Å². The Morgan fingerprint density at radius 2 is 2.15 bits per heavy atom. The van der Waals surface area contributed by atoms with Crippen LogP contribution in [0.2, 0.25) is 0 Å². The fourth-order valence-electron chi connectivity index (χ4n) is 2.27. The molecule has 0 radical (unpaired) electrons. The van der Waals surface area contributed by atoms with E-state index in [-0.39, 0.29) is 34.9 Å². The molecule has 20 heavy (non-hydrogen) atoms. The van der Waals surface area contributed by atoms with Crippen molar-refractivity contribution in [2.75, 3.05) is 6.61 Å². The zero-order chi connectivity index (χ0) is 14.5. The van der Waals surface area contributed by atoms with E-state index in [9.17, 15) is 9.18 Å². The Labute approximate surface area is 122 Å². The highest BCUT2D eigenvalue weighted by molar-refractivity contribution is 7.80. The lowest BCUT2D eigenvalue weighted by Crippen LogP contribution is -2.36. The summed E-state index contributed by atoms with van der Waals surface area (Å²) >= 11 is 4.71. The first-order chi connectivity index (χ1) is 9.56. The fraction of sp³-hybridized carbons (Fsp3) is 0.429. The number of amides is 1. The van der Waals surface area contributed by atoms with Crippen molar-refractivity contribution in [1.82, 2.24) is 5.32 Å². The number of carbonyl (C=O) groups is 1. The van der Waals surface area contributed by atoms with Gasteiger partial charge in [0.15, 0.2) is 6.61 Å². The monoisotopic (exact) mass is 296 g/mol. The summed E-state index contributed by atoms with van der Waals surface area (Å²) in [6.45, 7) is -0.123. The predicted octanol–water partition coefficient (Wildman–Crippen LogP) is 1.90. The fourth-order valence-corrected chi connectivity index (χ4v) is 2.44. The largest absolute Gasteiger partial charge is 0.484 e. The van der Waals surface area contributed by atoms with Crippen LogP contribution in [-0.2, 0) is 4.79 Å². The van der Waals surface area contributed by atoms with Gasteiger partial charge in [-0.1, -0.05) is 25.1 Å². The highest BCUT2D eigenvalue weighted by Gasteiger charge is 2.17. The van der Waals surface area contributed by atoms with E-state index in [0.29, 0.717) is 0 Å². The topological polar surface area (TPSA) is 64.3 Å². The Morgan fingerprint density at radius 3 is 2.75 bits per heavy atom. The Morgan fingerprint density at radius 1 is 1.45 bits per heavy atom. The quantitative estimate of drug-likeness (QED) is 0.815. The van der Waals surface area contributed by atoms with Crippen LogP contribution in [0, 0.1) is 5.82 Å². The van der Waals surface area contributed by atoms with Crippen molar-refractivity contribution >= 4 is 23.1 Å². The van der Waals surface area contributed by atoms with Crippen LogP contribution in [-0.4, -0.2) is 23.5 Å². The summed E-state index contributed by atoms with van der Waals surface area (Å²) in [4.78, 5) is 11.7. The van der Waals surface area contributed by atoms with E-state index >= 15 is 0 Å². The van der Waals surface area contributed by atoms with Crippen molar-refractivity contribution in [3.05, 3.63) is 29.6 Å². The molecule has 6 heteroatoms. The van der Waals surface area contributed by atoms with Gasteiger partial charge < -0.3 is 15.8 Å². The maximum atomic E-state index is 13.6. The van der Waals surface area contributed by atoms with Crippen molar-refractivity contribution in [2.45, 2.75) is 31.7 Å². The van der Waals surface area contributed by atoms with Crippen LogP contribution < -0.4 is 15.8 Å². The first kappa shape index (κ1) is 14.7. The van der Waals surface area contributed by atoms with Crippen LogP contribution in [0.3, 0.4) is 0 Å². The number of carbonyl (C=O) groups excluding carboxylic acids is 1. The second kappa shape index (κ2) is 6.65. The highest BCUT2D eigenvalue weighted by Crippen LogP contribution is 2.18. The van der Waals surface area contributed by atoms with Gasteiger partial charge in [-0.05, 0) is 25.0 Å². The molecule has 4 nitrogen and oxygen atoms in total. The van der Waals surface area contributed by atoms with E-state index in [4.69, 9.17) is 22.7 Å². The van der Waals surface area contributed by atoms with Gasteiger partial charge in [-0.3, -0.25) is 4.79 Å². The number of ether oxygens (including phenoxy) is 1. The Balaban J connectivity index is 1.85. The van der Waals surface area contributed by atoms with Crippen molar-refractivity contribution in [3.63, 3.8) is 0 Å². The van der Waals surface area contributed by atoms with Gasteiger partial charge in [0, 0.05) is 17.7 Å². The normalized spacial score (nSPS) is 15.1. The molecule has 1 amide bonds. The minimum atomic E-state index is -0.550. The molecule has 1 aromatic rings. The predicted molar refractivity (Wildman–Crippen MR) is 78.2 cm³/mol. The lowest BCUT2D eigenvalue weighted by Gasteiger charge is -2.12. The van der Waals surface area contributed by atoms with E-state index in [1.165, 1.54) is 12.1 Å². The third-order valence-electron chi connectivity index (χ3n) is 3.30. The molecule has 1 fully saturated rings. The smallest absolute Gasteiger partial charge is 0.258 e. The third kappa shape index (κ3) is 3.90. The summed E-state index contributed by atoms with van der Waals surface area (Å²) in [5.41, 5.74) is 5.53. The Kier molecular flexibility index (Phi) is 4.89. The van der Waals surface area contributed by atoms with Crippen LogP contribution in [0.25, 0.3) is 0 Å². The standard InChI is InChI=1S/C14H17FN2O2S/c15-12-7-10(5-6-11(12)14(16)20)19-8-13(18)17-9-3-1-2-4-9/h5-7,9H,1-4,8H2,(H2,16,20)(H,17,18). The van der Waals surface area contributed by atoms with Crippen molar-refractivity contribution in [3.8, 4) is 5.75 Å². The molecule has 1 aliphatic carbocycles. The van der Waals surface area contributed by atoms with Gasteiger partial charge in [-0.25, -0.2) is 4.39 Å². The summed E-state index contributed by atoms with van der Waals surface area (Å²) < 4.78 is 18.9. The second-order valence-corrected chi connectivity index (χ2v) is 5.28. The van der Waals surface area contributed by atoms with Crippen LogP contribution >= 0.6 is 12.2 Å². The summed E-state index contributed by atoms with van der Waals surface area (Å²) in [7, 11) is 0. The summed E-state index contributed by atoms with van der Waals surface area (Å²) in [6.07, 6.45) is 4.33. The molecule has 1 aromatic carbocycles. The number of nitrogens with two attached hydrogens (primary N) is 1. The summed E-state index contributed by atoms with van der Waals surface area (Å²) in [5, 5.41) is 2.89. The summed E-state index contributed by atoms with van der Waals surface area (Å²) in [5.74, 6) is -0.453. The summed E-state index contributed by atoms with van der Waals surface area (Å²) in [6, 6.07) is 4.42. The Hall–Kier alpha value is -1.69. The lowest BCUT2D eigenvalue weighted by molar-refractivity contribution is -0.123. The van der Waals surface area contributed by atoms with Gasteiger partial charge >= 0.3 is 0 Å². The molecule has 3 N–H and O–H groups in total. The van der Waals surface area contributed by atoms with Crippen LogP contribution in [0.1, 0.15) is 31.2 Å². The molecule has 0 atom stereocenters. The zero-order valence-electron chi connectivity index (χ0n) is 11.0. The average Bonchev–Trinajstić information content (AvgIpc) is 2.89. The lowest BCUT2D eigenvalue weighted by atomic mass is 10.2. The van der Waals surface area contributed by atoms with Gasteiger partial charge in [-0.15, -0.1) is 0 Å². The minimum Gasteiger partial charge on any atom is -0.484 e. The molecule has 108 valence electrons. The van der Waals surface area contributed by atoms with E-state index in [2.05, 4.69) is 5.32 Å². The number of nitrogens with one attached hydrogen (secondary N) is 1. The highest BCUT2D eigenvalue weighted by atomic mass is 32.1. The minimum absolute atomic E-state index is 0.00646. The van der Waals surface area contributed by atoms with Gasteiger partial charge in [0.2, 0.25) is 0 Å². The molecular formula is C14H17FN2O2S. The maximum Gasteiger partial charge on any atom is 0.258 e. The van der Waals surface area contributed by atoms with Gasteiger partial charge in [-0.2, -0.15) is 0 Å². The number of hydrogen-bond acceptors (Lipinski definition) is 3. The molecule has 0 aliphatic heterocycles. The number of hydrogen-bond donors (Lipinski definition) is 2. The zero-order valence-corrected chi connectivity index (χ0v) is 11.8. The third-order valence-corrected chi connectivity index (χ3v) is 3.52. The van der Waals surface area contributed by atoms with Crippen molar-refractivity contribution in [1.29, 1.82) is 0 Å². The number of thiocarbonyl (C=S) groups is 1. The number of benzene rings is 1. The first-order valence-electron chi connectivity index (χ1n) is 6.58. The van der Waals surface area contributed by atoms with Crippen LogP contribution in [0.15, 0.2) is 18.2 Å². The molecule has 0 unspecified atom stereocenters. The maximum absolute atomic E-state index is 13.6. The van der Waals surface area contributed by atoms with Gasteiger partial charge in [0.05, 0.1) is 0 Å². The van der Waals surface area contributed by atoms with E-state index in [1.54, 1.807) is 6.07 Å². The molecule has 0 saturated heterocycles. The molecule has 0 spiro atoms. The molecule has 0 bridgehead atoms. The number of halogens is 1. The first-order valence-corrected chi connectivity index (χ1v) is 6.98. The Bertz CT molecular complexity index is 516. The van der Waals surface area contributed by atoms with Crippen LogP contribution in [0.5, 0.6) is 5.75 Å².